The van der Waals surface area contributed by atoms with Crippen LogP contribution in [0, 0.1) is 50.7 Å². The summed E-state index contributed by atoms with van der Waals surface area (Å²) >= 11 is 3.62. The van der Waals surface area contributed by atoms with E-state index in [1.807, 2.05) is 12.1 Å². The highest BCUT2D eigenvalue weighted by atomic mass is 79.9. The molecule has 41 heavy (non-hydrogen) atoms. The molecule has 2 N–H and O–H groups in total. The van der Waals surface area contributed by atoms with Crippen LogP contribution < -0.4 is 5.32 Å². The van der Waals surface area contributed by atoms with Crippen LogP contribution in [0.1, 0.15) is 121 Å². The fourth-order valence-electron chi connectivity index (χ4n) is 12.4. The molecule has 3 nitrogen and oxygen atoms in total. The molecular formula is C37H54BrNO2. The van der Waals surface area contributed by atoms with E-state index in [2.05, 4.69) is 61.9 Å². The van der Waals surface area contributed by atoms with Gasteiger partial charge in [0.05, 0.1) is 5.56 Å². The van der Waals surface area contributed by atoms with Gasteiger partial charge < -0.3 is 10.4 Å². The Morgan fingerprint density at radius 2 is 1.66 bits per heavy atom. The maximum Gasteiger partial charge on any atom is 0.335 e. The van der Waals surface area contributed by atoms with Crippen molar-refractivity contribution in [1.82, 2.24) is 5.32 Å². The van der Waals surface area contributed by atoms with E-state index in [-0.39, 0.29) is 5.41 Å². The minimum absolute atomic E-state index is 0.0742. The van der Waals surface area contributed by atoms with Crippen molar-refractivity contribution in [3.05, 3.63) is 41.5 Å². The summed E-state index contributed by atoms with van der Waals surface area (Å²) in [5.41, 5.74) is 4.80. The van der Waals surface area contributed by atoms with Crippen LogP contribution in [0.4, 0.5) is 0 Å². The zero-order valence-corrected chi connectivity index (χ0v) is 27.9. The van der Waals surface area contributed by atoms with Gasteiger partial charge in [0.2, 0.25) is 0 Å². The van der Waals surface area contributed by atoms with Crippen LogP contribution in [0.25, 0.3) is 5.57 Å². The predicted molar refractivity (Wildman–Crippen MR) is 173 cm³/mol. The number of carboxylic acids is 1. The molecule has 0 aliphatic heterocycles. The van der Waals surface area contributed by atoms with E-state index in [9.17, 15) is 9.90 Å². The molecule has 8 atom stereocenters. The number of hydrogen-bond donors (Lipinski definition) is 2. The number of alkyl halides is 1. The van der Waals surface area contributed by atoms with Gasteiger partial charge in [-0.3, -0.25) is 0 Å². The lowest BCUT2D eigenvalue weighted by molar-refractivity contribution is -0.222. The molecule has 4 saturated carbocycles. The Balaban J connectivity index is 1.28. The number of fused-ring (bicyclic) bond motifs is 7. The maximum atomic E-state index is 11.5. The van der Waals surface area contributed by atoms with E-state index in [1.54, 1.807) is 12.1 Å². The Morgan fingerprint density at radius 3 is 2.37 bits per heavy atom. The minimum atomic E-state index is -0.847. The summed E-state index contributed by atoms with van der Waals surface area (Å²) in [7, 11) is 0. The van der Waals surface area contributed by atoms with Gasteiger partial charge in [-0.2, -0.15) is 0 Å². The van der Waals surface area contributed by atoms with Crippen molar-refractivity contribution >= 4 is 27.5 Å². The highest BCUT2D eigenvalue weighted by molar-refractivity contribution is 9.09. The van der Waals surface area contributed by atoms with Crippen LogP contribution in [-0.2, 0) is 0 Å². The lowest BCUT2D eigenvalue weighted by Gasteiger charge is -2.72. The van der Waals surface area contributed by atoms with Gasteiger partial charge in [-0.25, -0.2) is 4.79 Å². The van der Waals surface area contributed by atoms with Crippen molar-refractivity contribution in [2.75, 3.05) is 18.4 Å². The van der Waals surface area contributed by atoms with Crippen LogP contribution >= 0.6 is 15.9 Å². The quantitative estimate of drug-likeness (QED) is 0.235. The van der Waals surface area contributed by atoms with Gasteiger partial charge in [0.1, 0.15) is 0 Å². The fourth-order valence-corrected chi connectivity index (χ4v) is 12.7. The van der Waals surface area contributed by atoms with E-state index in [4.69, 9.17) is 0 Å². The van der Waals surface area contributed by atoms with E-state index in [1.165, 1.54) is 81.9 Å². The second kappa shape index (κ2) is 10.5. The molecule has 0 bridgehead atoms. The number of benzene rings is 1. The molecular weight excluding hydrogens is 570 g/mol. The molecule has 0 heterocycles. The molecule has 3 unspecified atom stereocenters. The van der Waals surface area contributed by atoms with Crippen LogP contribution in [0.2, 0.25) is 0 Å². The molecule has 0 aromatic heterocycles. The third-order valence-corrected chi connectivity index (χ3v) is 15.1. The average Bonchev–Trinajstić information content (AvgIpc) is 3.35. The third kappa shape index (κ3) is 4.38. The first-order valence-electron chi connectivity index (χ1n) is 16.7. The standard InChI is InChI=1S/C37H54BrNO2/c1-33(2)27(25-9-11-26(12-10-25)32(40)41)15-18-34(3)30(33)16-19-36(5)31(34)14-13-28-29-8-6-17-37(29,21-20-35(28,36)4)24-39-23-7-22-38/h9-12,15,28-31,39H,6-8,13-14,16-24H2,1-5H3,(H,40,41)/t28-,29?,30?,31?,34+,35-,36-,37-/m1/s1. The monoisotopic (exact) mass is 623 g/mol. The van der Waals surface area contributed by atoms with Gasteiger partial charge in [-0.1, -0.05) is 75.2 Å². The smallest absolute Gasteiger partial charge is 0.335 e. The van der Waals surface area contributed by atoms with Gasteiger partial charge in [0.25, 0.3) is 0 Å². The second-order valence-electron chi connectivity index (χ2n) is 16.2. The molecule has 226 valence electrons. The first-order valence-corrected chi connectivity index (χ1v) is 17.9. The summed E-state index contributed by atoms with van der Waals surface area (Å²) in [6, 6.07) is 7.66. The second-order valence-corrected chi connectivity index (χ2v) is 17.0. The number of carbonyl (C=O) groups is 1. The highest BCUT2D eigenvalue weighted by Crippen LogP contribution is 2.77. The molecule has 4 fully saturated rings. The summed E-state index contributed by atoms with van der Waals surface area (Å²) in [6.07, 6.45) is 17.6. The van der Waals surface area contributed by atoms with E-state index < -0.39 is 5.97 Å². The lowest BCUT2D eigenvalue weighted by Crippen LogP contribution is -2.65. The minimum Gasteiger partial charge on any atom is -0.478 e. The van der Waals surface area contributed by atoms with Gasteiger partial charge in [-0.15, -0.1) is 0 Å². The fraction of sp³-hybridized carbons (Fsp3) is 0.757. The van der Waals surface area contributed by atoms with E-state index in [0.29, 0.717) is 33.1 Å². The molecule has 1 aromatic carbocycles. The lowest BCUT2D eigenvalue weighted by atomic mass is 9.32. The maximum absolute atomic E-state index is 11.5. The van der Waals surface area contributed by atoms with Gasteiger partial charge in [0.15, 0.2) is 0 Å². The molecule has 0 amide bonds. The van der Waals surface area contributed by atoms with Crippen molar-refractivity contribution in [2.45, 2.75) is 105 Å². The van der Waals surface area contributed by atoms with Crippen LogP contribution in [0.5, 0.6) is 0 Å². The van der Waals surface area contributed by atoms with Crippen molar-refractivity contribution in [3.63, 3.8) is 0 Å². The number of halogens is 1. The first kappa shape index (κ1) is 29.9. The summed E-state index contributed by atoms with van der Waals surface area (Å²) in [6.45, 7) is 15.5. The molecule has 5 aliphatic carbocycles. The Labute approximate surface area is 257 Å². The number of hydrogen-bond acceptors (Lipinski definition) is 2. The summed E-state index contributed by atoms with van der Waals surface area (Å²) in [4.78, 5) is 11.5. The van der Waals surface area contributed by atoms with Crippen molar-refractivity contribution in [1.29, 1.82) is 0 Å². The Bertz CT molecular complexity index is 1190. The Hall–Kier alpha value is -1.13. The zero-order chi connectivity index (χ0) is 29.3. The van der Waals surface area contributed by atoms with Crippen LogP contribution in [0.15, 0.2) is 30.3 Å². The third-order valence-electron chi connectivity index (χ3n) is 14.5. The van der Waals surface area contributed by atoms with Crippen molar-refractivity contribution < 1.29 is 9.90 Å². The van der Waals surface area contributed by atoms with Crippen LogP contribution in [-0.4, -0.2) is 29.5 Å². The molecule has 6 rings (SSSR count). The van der Waals surface area contributed by atoms with Crippen LogP contribution in [0.3, 0.4) is 0 Å². The van der Waals surface area contributed by atoms with Crippen molar-refractivity contribution in [2.24, 2.45) is 50.7 Å². The largest absolute Gasteiger partial charge is 0.478 e. The number of nitrogens with one attached hydrogen (secondary N) is 1. The average molecular weight is 625 g/mol. The zero-order valence-electron chi connectivity index (χ0n) is 26.3. The van der Waals surface area contributed by atoms with Gasteiger partial charge in [-0.05, 0) is 145 Å². The molecule has 4 heteroatoms. The number of allylic oxidation sites excluding steroid dienone is 2. The number of rotatable bonds is 7. The number of aromatic carboxylic acids is 1. The summed E-state index contributed by atoms with van der Waals surface area (Å²) < 4.78 is 0. The molecule has 5 aliphatic rings. The first-order chi connectivity index (χ1) is 19.4. The molecule has 0 radical (unpaired) electrons. The van der Waals surface area contributed by atoms with Gasteiger partial charge >= 0.3 is 5.97 Å². The summed E-state index contributed by atoms with van der Waals surface area (Å²) in [5.74, 6) is 2.37. The topological polar surface area (TPSA) is 49.3 Å². The van der Waals surface area contributed by atoms with Crippen molar-refractivity contribution in [3.8, 4) is 0 Å². The SMILES string of the molecule is CC1(C)C(c2ccc(C(=O)O)cc2)=CC[C@@]2(C)C1CC[C@]1(C)C2CC[C@@H]2C3CCC[C@]3(CNCCCBr)CC[C@]21C. The molecule has 0 saturated heterocycles. The Morgan fingerprint density at radius 1 is 0.902 bits per heavy atom. The normalized spacial score (nSPS) is 42.8. The molecule has 0 spiro atoms. The number of carboxylic acid groups (broad SMARTS) is 1. The van der Waals surface area contributed by atoms with E-state index in [0.717, 1.165) is 36.0 Å². The van der Waals surface area contributed by atoms with E-state index >= 15 is 0 Å². The van der Waals surface area contributed by atoms with Gasteiger partial charge in [0, 0.05) is 11.9 Å². The highest BCUT2D eigenvalue weighted by Gasteiger charge is 2.69. The predicted octanol–water partition coefficient (Wildman–Crippen LogP) is 9.61. The molecule has 1 aromatic rings. The summed E-state index contributed by atoms with van der Waals surface area (Å²) in [5, 5.41) is 14.4. The Kier molecular flexibility index (Phi) is 7.66.